The van der Waals surface area contributed by atoms with Gasteiger partial charge in [0.15, 0.2) is 6.10 Å². The van der Waals surface area contributed by atoms with Crippen molar-refractivity contribution < 1.29 is 23.1 Å². The molecule has 1 aromatic carbocycles. The molecular formula is C18H17FN2O4. The predicted molar refractivity (Wildman–Crippen MR) is 86.8 cm³/mol. The minimum atomic E-state index is -1.00. The normalized spacial score (nSPS) is 11.4. The average molecular weight is 344 g/mol. The monoisotopic (exact) mass is 344 g/mol. The van der Waals surface area contributed by atoms with Crippen molar-refractivity contribution in [1.82, 2.24) is 4.90 Å². The molecule has 0 saturated carbocycles. The highest BCUT2D eigenvalue weighted by atomic mass is 19.1. The molecule has 0 aliphatic rings. The van der Waals surface area contributed by atoms with E-state index in [0.29, 0.717) is 11.3 Å². The number of carbonyl (C=O) groups is 2. The molecule has 2 aromatic rings. The number of hydrogen-bond donors (Lipinski definition) is 0. The number of carbonyl (C=O) groups excluding carboxylic acids is 2. The SMILES string of the molecule is C[C@H](OC(=O)c1ccc(-c2ccc(F)cc2)o1)C(=O)N(C)CCC#N. The minimum absolute atomic E-state index is 0.0568. The molecule has 0 fully saturated rings. The van der Waals surface area contributed by atoms with Crippen LogP contribution in [0.25, 0.3) is 11.3 Å². The zero-order valence-corrected chi connectivity index (χ0v) is 13.9. The molecular weight excluding hydrogens is 327 g/mol. The lowest BCUT2D eigenvalue weighted by molar-refractivity contribution is -0.138. The second-order valence-corrected chi connectivity index (χ2v) is 5.39. The van der Waals surface area contributed by atoms with Crippen LogP contribution in [0.4, 0.5) is 4.39 Å². The lowest BCUT2D eigenvalue weighted by Gasteiger charge is -2.20. The maximum atomic E-state index is 12.9. The third-order valence-electron chi connectivity index (χ3n) is 3.50. The van der Waals surface area contributed by atoms with Gasteiger partial charge in [-0.15, -0.1) is 0 Å². The molecule has 0 N–H and O–H groups in total. The summed E-state index contributed by atoms with van der Waals surface area (Å²) < 4.78 is 23.5. The number of furan rings is 1. The molecule has 1 heterocycles. The number of halogens is 1. The molecule has 1 amide bonds. The quantitative estimate of drug-likeness (QED) is 0.752. The fraction of sp³-hybridized carbons (Fsp3) is 0.278. The third-order valence-corrected chi connectivity index (χ3v) is 3.50. The summed E-state index contributed by atoms with van der Waals surface area (Å²) in [6, 6.07) is 10.6. The van der Waals surface area contributed by atoms with Gasteiger partial charge in [-0.2, -0.15) is 5.26 Å². The standard InChI is InChI=1S/C18H17FN2O4/c1-12(17(22)21(2)11-3-10-20)24-18(23)16-9-8-15(25-16)13-4-6-14(19)7-5-13/h4-9,12H,3,11H2,1-2H3/t12-/m0/s1. The van der Waals surface area contributed by atoms with Crippen LogP contribution in [0.1, 0.15) is 23.9 Å². The van der Waals surface area contributed by atoms with E-state index >= 15 is 0 Å². The molecule has 0 saturated heterocycles. The van der Waals surface area contributed by atoms with Crippen LogP contribution in [0.3, 0.4) is 0 Å². The summed E-state index contributed by atoms with van der Waals surface area (Å²) in [5.41, 5.74) is 0.612. The summed E-state index contributed by atoms with van der Waals surface area (Å²) in [5.74, 6) is -1.23. The van der Waals surface area contributed by atoms with Gasteiger partial charge in [0.25, 0.3) is 5.91 Å². The zero-order valence-electron chi connectivity index (χ0n) is 13.9. The molecule has 130 valence electrons. The Balaban J connectivity index is 2.00. The van der Waals surface area contributed by atoms with Gasteiger partial charge in [0.1, 0.15) is 11.6 Å². The van der Waals surface area contributed by atoms with Gasteiger partial charge in [0.2, 0.25) is 5.76 Å². The lowest BCUT2D eigenvalue weighted by atomic mass is 10.2. The number of hydrogen-bond acceptors (Lipinski definition) is 5. The number of nitrogens with zero attached hydrogens (tertiary/aromatic N) is 2. The fourth-order valence-electron chi connectivity index (χ4n) is 2.12. The van der Waals surface area contributed by atoms with Crippen molar-refractivity contribution >= 4 is 11.9 Å². The zero-order chi connectivity index (χ0) is 18.4. The topological polar surface area (TPSA) is 83.5 Å². The lowest BCUT2D eigenvalue weighted by Crippen LogP contribution is -2.37. The molecule has 2 rings (SSSR count). The average Bonchev–Trinajstić information content (AvgIpc) is 3.09. The molecule has 0 unspecified atom stereocenters. The van der Waals surface area contributed by atoms with Crippen molar-refractivity contribution in [3.8, 4) is 17.4 Å². The Morgan fingerprint density at radius 2 is 1.96 bits per heavy atom. The van der Waals surface area contributed by atoms with E-state index in [1.807, 2.05) is 6.07 Å². The Bertz CT molecular complexity index is 792. The summed E-state index contributed by atoms with van der Waals surface area (Å²) in [5, 5.41) is 8.53. The van der Waals surface area contributed by atoms with Crippen LogP contribution in [-0.4, -0.2) is 36.5 Å². The van der Waals surface area contributed by atoms with Crippen LogP contribution in [0.5, 0.6) is 0 Å². The molecule has 0 aliphatic heterocycles. The summed E-state index contributed by atoms with van der Waals surface area (Å²) >= 11 is 0. The van der Waals surface area contributed by atoms with E-state index in [9.17, 15) is 14.0 Å². The molecule has 0 radical (unpaired) electrons. The summed E-state index contributed by atoms with van der Waals surface area (Å²) in [6.07, 6.45) is -0.808. The number of benzene rings is 1. The highest BCUT2D eigenvalue weighted by Gasteiger charge is 2.23. The van der Waals surface area contributed by atoms with Gasteiger partial charge in [0, 0.05) is 19.2 Å². The second kappa shape index (κ2) is 8.11. The second-order valence-electron chi connectivity index (χ2n) is 5.39. The third kappa shape index (κ3) is 4.67. The molecule has 0 bridgehead atoms. The van der Waals surface area contributed by atoms with E-state index in [1.54, 1.807) is 6.07 Å². The van der Waals surface area contributed by atoms with Gasteiger partial charge in [-0.25, -0.2) is 9.18 Å². The minimum Gasteiger partial charge on any atom is -0.449 e. The van der Waals surface area contributed by atoms with Gasteiger partial charge < -0.3 is 14.1 Å². The van der Waals surface area contributed by atoms with Crippen molar-refractivity contribution in [3.05, 3.63) is 48.0 Å². The van der Waals surface area contributed by atoms with Crippen LogP contribution in [0, 0.1) is 17.1 Å². The summed E-state index contributed by atoms with van der Waals surface area (Å²) in [4.78, 5) is 25.5. The largest absolute Gasteiger partial charge is 0.449 e. The van der Waals surface area contributed by atoms with Crippen molar-refractivity contribution in [2.24, 2.45) is 0 Å². The first-order chi connectivity index (χ1) is 11.9. The maximum absolute atomic E-state index is 12.9. The van der Waals surface area contributed by atoms with Gasteiger partial charge in [-0.05, 0) is 43.3 Å². The van der Waals surface area contributed by atoms with Gasteiger partial charge in [0.05, 0.1) is 12.5 Å². The van der Waals surface area contributed by atoms with Crippen LogP contribution in [0.15, 0.2) is 40.8 Å². The van der Waals surface area contributed by atoms with Crippen LogP contribution in [0.2, 0.25) is 0 Å². The Morgan fingerprint density at radius 1 is 1.28 bits per heavy atom. The number of likely N-dealkylation sites (N-methyl/N-ethyl adjacent to an activating group) is 1. The predicted octanol–water partition coefficient (Wildman–Crippen LogP) is 3.00. The Morgan fingerprint density at radius 3 is 2.60 bits per heavy atom. The smallest absolute Gasteiger partial charge is 0.375 e. The Kier molecular flexibility index (Phi) is 5.90. The van der Waals surface area contributed by atoms with E-state index in [2.05, 4.69) is 0 Å². The van der Waals surface area contributed by atoms with Crippen molar-refractivity contribution in [1.29, 1.82) is 5.26 Å². The number of ether oxygens (including phenoxy) is 1. The molecule has 25 heavy (non-hydrogen) atoms. The number of rotatable bonds is 6. The van der Waals surface area contributed by atoms with Crippen molar-refractivity contribution in [2.45, 2.75) is 19.4 Å². The molecule has 1 aromatic heterocycles. The van der Waals surface area contributed by atoms with Gasteiger partial charge >= 0.3 is 5.97 Å². The fourth-order valence-corrected chi connectivity index (χ4v) is 2.12. The summed E-state index contributed by atoms with van der Waals surface area (Å²) in [6.45, 7) is 1.71. The van der Waals surface area contributed by atoms with Gasteiger partial charge in [-0.3, -0.25) is 4.79 Å². The molecule has 6 nitrogen and oxygen atoms in total. The van der Waals surface area contributed by atoms with Crippen molar-refractivity contribution in [2.75, 3.05) is 13.6 Å². The van der Waals surface area contributed by atoms with Crippen LogP contribution < -0.4 is 0 Å². The first-order valence-corrected chi connectivity index (χ1v) is 7.61. The Hall–Kier alpha value is -3.14. The van der Waals surface area contributed by atoms with Gasteiger partial charge in [-0.1, -0.05) is 0 Å². The summed E-state index contributed by atoms with van der Waals surface area (Å²) in [7, 11) is 1.53. The molecule has 1 atom stereocenters. The number of amides is 1. The maximum Gasteiger partial charge on any atom is 0.375 e. The van der Waals surface area contributed by atoms with E-state index in [0.717, 1.165) is 0 Å². The number of esters is 1. The van der Waals surface area contributed by atoms with E-state index in [-0.39, 0.29) is 24.5 Å². The van der Waals surface area contributed by atoms with Crippen LogP contribution in [-0.2, 0) is 9.53 Å². The van der Waals surface area contributed by atoms with E-state index in [1.165, 1.54) is 49.2 Å². The molecule has 0 spiro atoms. The van der Waals surface area contributed by atoms with Crippen molar-refractivity contribution in [3.63, 3.8) is 0 Å². The molecule has 0 aliphatic carbocycles. The molecule has 7 heteroatoms. The first kappa shape index (κ1) is 18.2. The van der Waals surface area contributed by atoms with Crippen LogP contribution >= 0.6 is 0 Å². The highest BCUT2D eigenvalue weighted by molar-refractivity contribution is 5.90. The number of nitriles is 1. The highest BCUT2D eigenvalue weighted by Crippen LogP contribution is 2.23. The Labute approximate surface area is 144 Å². The van der Waals surface area contributed by atoms with E-state index in [4.69, 9.17) is 14.4 Å². The first-order valence-electron chi connectivity index (χ1n) is 7.61. The van der Waals surface area contributed by atoms with E-state index < -0.39 is 18.0 Å².